The zero-order valence-corrected chi connectivity index (χ0v) is 10.2. The monoisotopic (exact) mass is 214 g/mol. The van der Waals surface area contributed by atoms with Crippen LogP contribution in [0.4, 0.5) is 0 Å². The van der Waals surface area contributed by atoms with Gasteiger partial charge in [-0.1, -0.05) is 26.2 Å². The molecule has 1 heteroatoms. The first-order valence-corrected chi connectivity index (χ1v) is 3.66. The molecule has 0 aromatic carbocycles. The quantitative estimate of drug-likeness (QED) is 0.629. The molecule has 0 nitrogen and oxygen atoms in total. The summed E-state index contributed by atoms with van der Waals surface area (Å²) in [7, 11) is 0. The van der Waals surface area contributed by atoms with Crippen LogP contribution in [0.2, 0.25) is 0 Å². The van der Waals surface area contributed by atoms with Crippen LogP contribution in [0.15, 0.2) is 12.2 Å². The zero-order chi connectivity index (χ0) is 7.28. The second kappa shape index (κ2) is 7.82. The van der Waals surface area contributed by atoms with Gasteiger partial charge in [-0.25, -0.2) is 18.1 Å². The molecule has 0 aromatic rings. The third-order valence-electron chi connectivity index (χ3n) is 1.54. The topological polar surface area (TPSA) is 0 Å². The Morgan fingerprint density at radius 2 is 1.90 bits per heavy atom. The van der Waals surface area contributed by atoms with Gasteiger partial charge >= 0.3 is 32.7 Å². The number of unbranched alkanes of at least 4 members (excludes halogenated alkanes) is 1. The maximum Gasteiger partial charge on any atom is 3.00 e. The minimum absolute atomic E-state index is 0. The van der Waals surface area contributed by atoms with Crippen molar-refractivity contribution < 1.29 is 32.7 Å². The molecule has 0 aliphatic heterocycles. The van der Waals surface area contributed by atoms with Crippen LogP contribution in [0.25, 0.3) is 0 Å². The summed E-state index contributed by atoms with van der Waals surface area (Å²) in [5, 5.41) is 0. The second-order valence-electron chi connectivity index (χ2n) is 2.71. The van der Waals surface area contributed by atoms with E-state index in [1.165, 1.54) is 30.8 Å². The average molecular weight is 214 g/mol. The number of allylic oxidation sites excluding steroid dienone is 1. The molecule has 0 unspecified atom stereocenters. The van der Waals surface area contributed by atoms with E-state index in [4.69, 9.17) is 0 Å². The van der Waals surface area contributed by atoms with Crippen molar-refractivity contribution in [3.63, 3.8) is 0 Å². The Balaban J connectivity index is 0. The predicted octanol–water partition coefficient (Wildman–Crippen LogP) is 3.34. The summed E-state index contributed by atoms with van der Waals surface area (Å²) in [5.41, 5.74) is 1.32. The number of hydrogen-bond acceptors (Lipinski definition) is 0. The third kappa shape index (κ3) is 6.83. The Kier molecular flexibility index (Phi) is 10.4. The average Bonchev–Trinajstić information content (AvgIpc) is 1.82. The molecule has 0 bridgehead atoms. The first-order valence-electron chi connectivity index (χ1n) is 3.66. The fraction of sp³-hybridized carbons (Fsp3) is 0.667. The van der Waals surface area contributed by atoms with Crippen molar-refractivity contribution in [3.8, 4) is 0 Å². The van der Waals surface area contributed by atoms with Crippen LogP contribution in [-0.2, 0) is 32.7 Å². The van der Waals surface area contributed by atoms with Gasteiger partial charge in [0.25, 0.3) is 0 Å². The molecule has 0 fully saturated rings. The number of hydrogen-bond donors (Lipinski definition) is 0. The maximum absolute atomic E-state index is 3.95. The zero-order valence-electron chi connectivity index (χ0n) is 7.41. The van der Waals surface area contributed by atoms with Gasteiger partial charge in [-0.15, -0.1) is 13.8 Å². The van der Waals surface area contributed by atoms with Gasteiger partial charge in [0, 0.05) is 0 Å². The van der Waals surface area contributed by atoms with Gasteiger partial charge in [-0.3, -0.25) is 0 Å². The first-order chi connectivity index (χ1) is 4.18. The summed E-state index contributed by atoms with van der Waals surface area (Å²) >= 11 is 0. The molecule has 0 rings (SSSR count). The Bertz CT molecular complexity index is 84.7. The molecule has 0 aliphatic rings. The Morgan fingerprint density at radius 3 is 2.20 bits per heavy atom. The Hall–Kier alpha value is 0.714. The second-order valence-corrected chi connectivity index (χ2v) is 2.71. The van der Waals surface area contributed by atoms with Crippen LogP contribution in [0.5, 0.6) is 0 Å². The van der Waals surface area contributed by atoms with E-state index < -0.39 is 0 Å². The molecule has 0 atom stereocenters. The van der Waals surface area contributed by atoms with Crippen molar-refractivity contribution in [2.45, 2.75) is 40.0 Å². The van der Waals surface area contributed by atoms with Gasteiger partial charge in [-0.05, 0) is 0 Å². The standard InChI is InChI=1S/C9H17.Y/c1-5-6-7-9(4)8(2)3;/h4-7H2,1-3H3;/q-1;+3. The summed E-state index contributed by atoms with van der Waals surface area (Å²) in [6, 6.07) is 0. The van der Waals surface area contributed by atoms with Crippen LogP contribution < -0.4 is 0 Å². The van der Waals surface area contributed by atoms with Crippen molar-refractivity contribution in [1.29, 1.82) is 0 Å². The van der Waals surface area contributed by atoms with Crippen molar-refractivity contribution in [2.24, 2.45) is 0 Å². The van der Waals surface area contributed by atoms with E-state index >= 15 is 0 Å². The van der Waals surface area contributed by atoms with Gasteiger partial charge in [0.15, 0.2) is 0 Å². The predicted molar refractivity (Wildman–Crippen MR) is 43.3 cm³/mol. The molecule has 0 N–H and O–H groups in total. The van der Waals surface area contributed by atoms with Crippen LogP contribution in [0.1, 0.15) is 40.0 Å². The van der Waals surface area contributed by atoms with E-state index in [0.717, 1.165) is 0 Å². The molecule has 0 aliphatic carbocycles. The van der Waals surface area contributed by atoms with Crippen molar-refractivity contribution in [3.05, 3.63) is 18.1 Å². The van der Waals surface area contributed by atoms with E-state index in [2.05, 4.69) is 27.4 Å². The van der Waals surface area contributed by atoms with Crippen LogP contribution >= 0.6 is 0 Å². The summed E-state index contributed by atoms with van der Waals surface area (Å²) in [6.07, 6.45) is 3.73. The number of rotatable bonds is 4. The Labute approximate surface area is 90.4 Å². The van der Waals surface area contributed by atoms with Crippen LogP contribution in [0.3, 0.4) is 0 Å². The van der Waals surface area contributed by atoms with Gasteiger partial charge in [0.1, 0.15) is 0 Å². The van der Waals surface area contributed by atoms with Crippen molar-refractivity contribution >= 4 is 0 Å². The van der Waals surface area contributed by atoms with E-state index in [1.807, 2.05) is 0 Å². The minimum Gasteiger partial charge on any atom is -0.242 e. The van der Waals surface area contributed by atoms with Gasteiger partial charge in [0.05, 0.1) is 0 Å². The first kappa shape index (κ1) is 13.3. The van der Waals surface area contributed by atoms with Gasteiger partial charge in [0.2, 0.25) is 0 Å². The van der Waals surface area contributed by atoms with E-state index in [1.54, 1.807) is 0 Å². The molecular formula is C9H17Y+2. The van der Waals surface area contributed by atoms with Crippen LogP contribution in [-0.4, -0.2) is 0 Å². The molecule has 0 saturated heterocycles. The molecule has 0 spiro atoms. The van der Waals surface area contributed by atoms with Crippen molar-refractivity contribution in [2.75, 3.05) is 0 Å². The smallest absolute Gasteiger partial charge is 0.242 e. The molecule has 10 heavy (non-hydrogen) atoms. The minimum atomic E-state index is 0. The molecule has 0 saturated carbocycles. The molecular weight excluding hydrogens is 197 g/mol. The summed E-state index contributed by atoms with van der Waals surface area (Å²) in [4.78, 5) is 0. The van der Waals surface area contributed by atoms with Gasteiger partial charge in [-0.2, -0.15) is 0 Å². The fourth-order valence-corrected chi connectivity index (χ4v) is 0.640. The van der Waals surface area contributed by atoms with E-state index in [-0.39, 0.29) is 32.7 Å². The van der Waals surface area contributed by atoms with E-state index in [0.29, 0.717) is 0 Å². The van der Waals surface area contributed by atoms with Crippen LogP contribution in [0, 0.1) is 5.92 Å². The summed E-state index contributed by atoms with van der Waals surface area (Å²) < 4.78 is 0. The molecule has 0 radical (unpaired) electrons. The summed E-state index contributed by atoms with van der Waals surface area (Å²) in [6.45, 7) is 10.4. The largest absolute Gasteiger partial charge is 3.00 e. The fourth-order valence-electron chi connectivity index (χ4n) is 0.640. The van der Waals surface area contributed by atoms with Gasteiger partial charge < -0.3 is 0 Å². The molecule has 54 valence electrons. The molecule has 0 aromatic heterocycles. The molecule has 0 amide bonds. The maximum atomic E-state index is 3.95. The van der Waals surface area contributed by atoms with E-state index in [9.17, 15) is 0 Å². The summed E-state index contributed by atoms with van der Waals surface area (Å²) in [5.74, 6) is 1.38. The third-order valence-corrected chi connectivity index (χ3v) is 1.54. The molecule has 0 heterocycles. The van der Waals surface area contributed by atoms with Crippen molar-refractivity contribution in [1.82, 2.24) is 0 Å². The normalized spacial score (nSPS) is 8.30. The SMILES string of the molecule is C=C(CCCC)[C-](C)C.[Y+3]. The Morgan fingerprint density at radius 1 is 1.40 bits per heavy atom.